The number of carbonyl (C=O) groups excluding carboxylic acids is 1. The number of carboxylic acids is 1. The van der Waals surface area contributed by atoms with E-state index in [1.807, 2.05) is 0 Å². The van der Waals surface area contributed by atoms with E-state index in [0.717, 1.165) is 0 Å². The van der Waals surface area contributed by atoms with Crippen LogP contribution < -0.4 is 4.72 Å². The predicted octanol–water partition coefficient (Wildman–Crippen LogP) is 1.31. The molecule has 1 aliphatic rings. The molecule has 1 saturated heterocycles. The van der Waals surface area contributed by atoms with E-state index in [1.54, 1.807) is 18.7 Å². The lowest BCUT2D eigenvalue weighted by Gasteiger charge is -2.37. The first kappa shape index (κ1) is 18.4. The molecule has 0 spiro atoms. The molecular formula is C16H22N2O5S. The number of nitrogens with zero attached hydrogens (tertiary/aromatic N) is 1. The summed E-state index contributed by atoms with van der Waals surface area (Å²) in [5.41, 5.74) is 0.350. The van der Waals surface area contributed by atoms with Gasteiger partial charge >= 0.3 is 5.97 Å². The van der Waals surface area contributed by atoms with Gasteiger partial charge in [0.25, 0.3) is 5.91 Å². The highest BCUT2D eigenvalue weighted by atomic mass is 32.2. The molecule has 1 fully saturated rings. The summed E-state index contributed by atoms with van der Waals surface area (Å²) < 4.78 is 26.2. The van der Waals surface area contributed by atoms with Gasteiger partial charge in [0.2, 0.25) is 10.0 Å². The van der Waals surface area contributed by atoms with E-state index in [2.05, 4.69) is 4.72 Å². The topological polar surface area (TPSA) is 104 Å². The summed E-state index contributed by atoms with van der Waals surface area (Å²) in [7, 11) is -3.56. The highest BCUT2D eigenvalue weighted by Gasteiger charge is 2.35. The maximum Gasteiger partial charge on any atom is 0.308 e. The number of rotatable bonds is 5. The number of benzene rings is 1. The van der Waals surface area contributed by atoms with Gasteiger partial charge < -0.3 is 10.0 Å². The van der Waals surface area contributed by atoms with Crippen LogP contribution in [0.1, 0.15) is 37.0 Å². The molecule has 1 aromatic rings. The van der Waals surface area contributed by atoms with Crippen LogP contribution in [0.4, 0.5) is 0 Å². The zero-order valence-corrected chi connectivity index (χ0v) is 14.5. The number of nitrogens with one attached hydrogen (secondary N) is 1. The minimum atomic E-state index is -3.56. The Hall–Kier alpha value is -1.93. The van der Waals surface area contributed by atoms with Crippen LogP contribution in [-0.4, -0.2) is 49.4 Å². The number of amides is 1. The Labute approximate surface area is 141 Å². The summed E-state index contributed by atoms with van der Waals surface area (Å²) in [5.74, 6) is -1.75. The fourth-order valence-electron chi connectivity index (χ4n) is 2.98. The third-order valence-electron chi connectivity index (χ3n) is 4.31. The lowest BCUT2D eigenvalue weighted by molar-refractivity contribution is -0.144. The molecule has 0 saturated carbocycles. The van der Waals surface area contributed by atoms with E-state index in [1.165, 1.54) is 24.3 Å². The maximum absolute atomic E-state index is 12.6. The zero-order valence-electron chi connectivity index (χ0n) is 13.7. The third-order valence-corrected chi connectivity index (χ3v) is 5.87. The largest absolute Gasteiger partial charge is 0.481 e. The number of carbonyl (C=O) groups is 2. The normalized spacial score (nSPS) is 21.5. The third kappa shape index (κ3) is 3.76. The van der Waals surface area contributed by atoms with Crippen LogP contribution in [0.15, 0.2) is 29.2 Å². The minimum absolute atomic E-state index is 0.0935. The summed E-state index contributed by atoms with van der Waals surface area (Å²) in [6.45, 7) is 4.21. The summed E-state index contributed by atoms with van der Waals surface area (Å²) >= 11 is 0. The van der Waals surface area contributed by atoms with Gasteiger partial charge in [-0.3, -0.25) is 9.59 Å². The molecule has 132 valence electrons. The maximum atomic E-state index is 12.6. The van der Waals surface area contributed by atoms with Gasteiger partial charge in [0.05, 0.1) is 10.8 Å². The second-order valence-corrected chi connectivity index (χ2v) is 7.62. The van der Waals surface area contributed by atoms with Crippen LogP contribution in [0.25, 0.3) is 0 Å². The molecule has 2 rings (SSSR count). The molecular weight excluding hydrogens is 332 g/mol. The second-order valence-electron chi connectivity index (χ2n) is 5.85. The molecule has 0 aliphatic carbocycles. The fourth-order valence-corrected chi connectivity index (χ4v) is 4.02. The van der Waals surface area contributed by atoms with E-state index in [0.29, 0.717) is 24.9 Å². The van der Waals surface area contributed by atoms with Crippen LogP contribution in [0, 0.1) is 5.92 Å². The van der Waals surface area contributed by atoms with Crippen molar-refractivity contribution in [3.05, 3.63) is 29.8 Å². The van der Waals surface area contributed by atoms with Gasteiger partial charge in [-0.15, -0.1) is 0 Å². The molecule has 0 aromatic heterocycles. The average Bonchev–Trinajstić information content (AvgIpc) is 2.54. The smallest absolute Gasteiger partial charge is 0.308 e. The SMILES string of the molecule is CCNS(=O)(=O)c1ccc(C(=O)N2CCC[C@H](C(=O)O)[C@@H]2C)cc1. The lowest BCUT2D eigenvalue weighted by Crippen LogP contribution is -2.49. The number of hydrogen-bond donors (Lipinski definition) is 2. The van der Waals surface area contributed by atoms with Crippen LogP contribution in [0.3, 0.4) is 0 Å². The van der Waals surface area contributed by atoms with Crippen molar-refractivity contribution < 1.29 is 23.1 Å². The molecule has 24 heavy (non-hydrogen) atoms. The first-order valence-electron chi connectivity index (χ1n) is 7.91. The van der Waals surface area contributed by atoms with Gasteiger partial charge in [0, 0.05) is 24.7 Å². The number of piperidine rings is 1. The Kier molecular flexibility index (Phi) is 5.61. The van der Waals surface area contributed by atoms with Crippen molar-refractivity contribution in [2.75, 3.05) is 13.1 Å². The Bertz CT molecular complexity index is 714. The molecule has 1 aliphatic heterocycles. The van der Waals surface area contributed by atoms with Crippen LogP contribution in [0.2, 0.25) is 0 Å². The molecule has 1 heterocycles. The molecule has 0 unspecified atom stereocenters. The Morgan fingerprint density at radius 1 is 1.29 bits per heavy atom. The summed E-state index contributed by atoms with van der Waals surface area (Å²) in [6.07, 6.45) is 1.19. The number of sulfonamides is 1. The zero-order chi connectivity index (χ0) is 17.9. The summed E-state index contributed by atoms with van der Waals surface area (Å²) in [5, 5.41) is 9.24. The monoisotopic (exact) mass is 354 g/mol. The van der Waals surface area contributed by atoms with E-state index in [-0.39, 0.29) is 17.3 Å². The minimum Gasteiger partial charge on any atom is -0.481 e. The average molecular weight is 354 g/mol. The lowest BCUT2D eigenvalue weighted by atomic mass is 9.90. The van der Waals surface area contributed by atoms with Gasteiger partial charge in [0.1, 0.15) is 0 Å². The summed E-state index contributed by atoms with van der Waals surface area (Å²) in [6, 6.07) is 5.30. The number of aliphatic carboxylic acids is 1. The molecule has 1 amide bonds. The standard InChI is InChI=1S/C16H22N2O5S/c1-3-17-24(22,23)13-8-6-12(7-9-13)15(19)18-10-4-5-14(11(18)2)16(20)21/h6-9,11,14,17H,3-5,10H2,1-2H3,(H,20,21)/t11-,14-/m0/s1. The van der Waals surface area contributed by atoms with E-state index in [9.17, 15) is 23.1 Å². The van der Waals surface area contributed by atoms with Crippen molar-refractivity contribution >= 4 is 21.9 Å². The van der Waals surface area contributed by atoms with Crippen molar-refractivity contribution in [1.82, 2.24) is 9.62 Å². The number of carboxylic acid groups (broad SMARTS) is 1. The van der Waals surface area contributed by atoms with E-state index >= 15 is 0 Å². The number of likely N-dealkylation sites (tertiary alicyclic amines) is 1. The molecule has 0 radical (unpaired) electrons. The molecule has 8 heteroatoms. The van der Waals surface area contributed by atoms with Crippen molar-refractivity contribution in [2.24, 2.45) is 5.92 Å². The van der Waals surface area contributed by atoms with Gasteiger partial charge in [-0.1, -0.05) is 6.92 Å². The predicted molar refractivity (Wildman–Crippen MR) is 88.2 cm³/mol. The van der Waals surface area contributed by atoms with E-state index in [4.69, 9.17) is 0 Å². The molecule has 2 N–H and O–H groups in total. The highest BCUT2D eigenvalue weighted by molar-refractivity contribution is 7.89. The second kappa shape index (κ2) is 7.31. The number of hydrogen-bond acceptors (Lipinski definition) is 4. The van der Waals surface area contributed by atoms with Crippen molar-refractivity contribution in [3.8, 4) is 0 Å². The molecule has 7 nitrogen and oxygen atoms in total. The molecule has 1 aromatic carbocycles. The van der Waals surface area contributed by atoms with Crippen LogP contribution in [0.5, 0.6) is 0 Å². The molecule has 2 atom stereocenters. The van der Waals surface area contributed by atoms with Gasteiger partial charge in [-0.05, 0) is 44.0 Å². The van der Waals surface area contributed by atoms with Crippen LogP contribution >= 0.6 is 0 Å². The first-order chi connectivity index (χ1) is 11.3. The first-order valence-corrected chi connectivity index (χ1v) is 9.39. The van der Waals surface area contributed by atoms with Gasteiger partial charge in [-0.2, -0.15) is 0 Å². The van der Waals surface area contributed by atoms with Gasteiger partial charge in [0.15, 0.2) is 0 Å². The van der Waals surface area contributed by atoms with Crippen molar-refractivity contribution in [3.63, 3.8) is 0 Å². The van der Waals surface area contributed by atoms with Crippen molar-refractivity contribution in [2.45, 2.75) is 37.6 Å². The Morgan fingerprint density at radius 3 is 2.46 bits per heavy atom. The van der Waals surface area contributed by atoms with E-state index < -0.39 is 28.0 Å². The quantitative estimate of drug-likeness (QED) is 0.830. The highest BCUT2D eigenvalue weighted by Crippen LogP contribution is 2.25. The van der Waals surface area contributed by atoms with Crippen molar-refractivity contribution in [1.29, 1.82) is 0 Å². The molecule has 0 bridgehead atoms. The van der Waals surface area contributed by atoms with Crippen LogP contribution in [-0.2, 0) is 14.8 Å². The Morgan fingerprint density at radius 2 is 1.92 bits per heavy atom. The fraction of sp³-hybridized carbons (Fsp3) is 0.500. The van der Waals surface area contributed by atoms with Gasteiger partial charge in [-0.25, -0.2) is 13.1 Å². The Balaban J connectivity index is 2.19. The summed E-state index contributed by atoms with van der Waals surface area (Å²) in [4.78, 5) is 25.6.